The summed E-state index contributed by atoms with van der Waals surface area (Å²) >= 11 is 3.49. The summed E-state index contributed by atoms with van der Waals surface area (Å²) < 4.78 is 1.12. The van der Waals surface area contributed by atoms with E-state index in [1.807, 2.05) is 6.08 Å². The Kier molecular flexibility index (Phi) is 4.43. The second-order valence-corrected chi connectivity index (χ2v) is 5.53. The zero-order valence-corrected chi connectivity index (χ0v) is 12.2. The van der Waals surface area contributed by atoms with Gasteiger partial charge >= 0.3 is 0 Å². The Morgan fingerprint density at radius 1 is 1.22 bits per heavy atom. The number of fused-ring (bicyclic) bond motifs is 1. The molecule has 2 aromatic rings. The van der Waals surface area contributed by atoms with Crippen LogP contribution in [-0.4, -0.2) is 6.04 Å². The molecule has 94 valence electrons. The third kappa shape index (κ3) is 3.36. The first-order valence-electron chi connectivity index (χ1n) is 6.26. The van der Waals surface area contributed by atoms with Crippen molar-refractivity contribution in [2.45, 2.75) is 25.8 Å². The monoisotopic (exact) mass is 303 g/mol. The van der Waals surface area contributed by atoms with Gasteiger partial charge < -0.3 is 5.32 Å². The quantitative estimate of drug-likeness (QED) is 0.732. The maximum Gasteiger partial charge on any atom is 0.0348 e. The molecule has 1 atom stereocenters. The number of hydrogen-bond donors (Lipinski definition) is 1. The van der Waals surface area contributed by atoms with Crippen molar-refractivity contribution in [1.29, 1.82) is 0 Å². The Labute approximate surface area is 117 Å². The molecule has 0 aliphatic heterocycles. The number of benzene rings is 2. The molecule has 18 heavy (non-hydrogen) atoms. The molecule has 1 unspecified atom stereocenters. The molecule has 0 aromatic heterocycles. The van der Waals surface area contributed by atoms with Gasteiger partial charge in [0, 0.05) is 16.2 Å². The molecule has 1 N–H and O–H groups in total. The van der Waals surface area contributed by atoms with Crippen molar-refractivity contribution in [3.05, 3.63) is 53.5 Å². The van der Waals surface area contributed by atoms with E-state index in [0.717, 1.165) is 17.3 Å². The number of halogens is 1. The minimum Gasteiger partial charge on any atom is -0.383 e. The molecular weight excluding hydrogens is 286 g/mol. The molecular formula is C16H18BrN. The summed E-state index contributed by atoms with van der Waals surface area (Å²) in [5, 5.41) is 6.05. The Morgan fingerprint density at radius 2 is 1.94 bits per heavy atom. The minimum atomic E-state index is 0.468. The van der Waals surface area contributed by atoms with E-state index in [2.05, 4.69) is 71.1 Å². The molecule has 0 fully saturated rings. The Morgan fingerprint density at radius 3 is 2.72 bits per heavy atom. The summed E-state index contributed by atoms with van der Waals surface area (Å²) in [7, 11) is 0. The van der Waals surface area contributed by atoms with E-state index >= 15 is 0 Å². The maximum atomic E-state index is 3.76. The van der Waals surface area contributed by atoms with E-state index in [1.54, 1.807) is 0 Å². The number of nitrogens with one attached hydrogen (secondary N) is 1. The molecule has 0 bridgehead atoms. The van der Waals surface area contributed by atoms with Crippen LogP contribution in [0.2, 0.25) is 0 Å². The molecule has 0 aliphatic carbocycles. The maximum absolute atomic E-state index is 3.76. The smallest absolute Gasteiger partial charge is 0.0348 e. The van der Waals surface area contributed by atoms with Crippen molar-refractivity contribution in [2.24, 2.45) is 0 Å². The average Bonchev–Trinajstić information content (AvgIpc) is 2.36. The highest BCUT2D eigenvalue weighted by Crippen LogP contribution is 2.23. The van der Waals surface area contributed by atoms with Crippen LogP contribution in [0.25, 0.3) is 10.8 Å². The normalized spacial score (nSPS) is 12.3. The SMILES string of the molecule is C=CCCC(C)Nc1ccc2cc(Br)ccc2c1. The zero-order valence-electron chi connectivity index (χ0n) is 10.6. The summed E-state index contributed by atoms with van der Waals surface area (Å²) in [6, 6.07) is 13.3. The fraction of sp³-hybridized carbons (Fsp3) is 0.250. The zero-order chi connectivity index (χ0) is 13.0. The molecule has 2 heteroatoms. The van der Waals surface area contributed by atoms with Crippen LogP contribution in [0.3, 0.4) is 0 Å². The summed E-state index contributed by atoms with van der Waals surface area (Å²) in [4.78, 5) is 0. The van der Waals surface area contributed by atoms with Crippen molar-refractivity contribution in [3.8, 4) is 0 Å². The lowest BCUT2D eigenvalue weighted by molar-refractivity contribution is 0.719. The Balaban J connectivity index is 2.14. The van der Waals surface area contributed by atoms with Crippen LogP contribution in [-0.2, 0) is 0 Å². The molecule has 0 radical (unpaired) electrons. The number of rotatable bonds is 5. The Hall–Kier alpha value is -1.28. The fourth-order valence-electron chi connectivity index (χ4n) is 2.03. The Bertz CT molecular complexity index is 548. The van der Waals surface area contributed by atoms with E-state index in [4.69, 9.17) is 0 Å². The second kappa shape index (κ2) is 6.05. The van der Waals surface area contributed by atoms with Crippen LogP contribution in [0.1, 0.15) is 19.8 Å². The first kappa shape index (κ1) is 13.2. The largest absolute Gasteiger partial charge is 0.383 e. The molecule has 0 aliphatic rings. The van der Waals surface area contributed by atoms with E-state index in [-0.39, 0.29) is 0 Å². The third-order valence-electron chi connectivity index (χ3n) is 3.02. The van der Waals surface area contributed by atoms with Crippen LogP contribution < -0.4 is 5.32 Å². The predicted octanol–water partition coefficient (Wildman–Crippen LogP) is 5.37. The van der Waals surface area contributed by atoms with Gasteiger partial charge in [-0.05, 0) is 54.8 Å². The fourth-order valence-corrected chi connectivity index (χ4v) is 2.41. The lowest BCUT2D eigenvalue weighted by Crippen LogP contribution is -2.14. The molecule has 0 spiro atoms. The third-order valence-corrected chi connectivity index (χ3v) is 3.51. The highest BCUT2D eigenvalue weighted by atomic mass is 79.9. The molecule has 0 saturated heterocycles. The van der Waals surface area contributed by atoms with Crippen LogP contribution in [0.5, 0.6) is 0 Å². The first-order valence-corrected chi connectivity index (χ1v) is 7.05. The molecule has 0 heterocycles. The van der Waals surface area contributed by atoms with Crippen molar-refractivity contribution in [1.82, 2.24) is 0 Å². The van der Waals surface area contributed by atoms with Crippen LogP contribution in [0, 0.1) is 0 Å². The van der Waals surface area contributed by atoms with Gasteiger partial charge in [0.1, 0.15) is 0 Å². The van der Waals surface area contributed by atoms with Gasteiger partial charge in [-0.3, -0.25) is 0 Å². The number of anilines is 1. The van der Waals surface area contributed by atoms with E-state index in [0.29, 0.717) is 6.04 Å². The van der Waals surface area contributed by atoms with Crippen LogP contribution in [0.15, 0.2) is 53.5 Å². The van der Waals surface area contributed by atoms with Crippen LogP contribution >= 0.6 is 15.9 Å². The van der Waals surface area contributed by atoms with Gasteiger partial charge in [0.05, 0.1) is 0 Å². The predicted molar refractivity (Wildman–Crippen MR) is 84.2 cm³/mol. The lowest BCUT2D eigenvalue weighted by atomic mass is 10.1. The van der Waals surface area contributed by atoms with Crippen molar-refractivity contribution in [2.75, 3.05) is 5.32 Å². The van der Waals surface area contributed by atoms with Gasteiger partial charge in [-0.2, -0.15) is 0 Å². The summed E-state index contributed by atoms with van der Waals surface area (Å²) in [5.41, 5.74) is 1.18. The first-order chi connectivity index (χ1) is 8.69. The van der Waals surface area contributed by atoms with E-state index < -0.39 is 0 Å². The number of allylic oxidation sites excluding steroid dienone is 1. The standard InChI is InChI=1S/C16H18BrN/c1-3-4-5-12(2)18-16-9-7-13-10-15(17)8-6-14(13)11-16/h3,6-12,18H,1,4-5H2,2H3. The molecule has 0 saturated carbocycles. The number of hydrogen-bond acceptors (Lipinski definition) is 1. The topological polar surface area (TPSA) is 12.0 Å². The van der Waals surface area contributed by atoms with Gasteiger partial charge in [0.2, 0.25) is 0 Å². The minimum absolute atomic E-state index is 0.468. The highest BCUT2D eigenvalue weighted by Gasteiger charge is 2.02. The van der Waals surface area contributed by atoms with Crippen molar-refractivity contribution >= 4 is 32.4 Å². The van der Waals surface area contributed by atoms with E-state index in [9.17, 15) is 0 Å². The average molecular weight is 304 g/mol. The van der Waals surface area contributed by atoms with Gasteiger partial charge in [-0.15, -0.1) is 6.58 Å². The van der Waals surface area contributed by atoms with E-state index in [1.165, 1.54) is 16.5 Å². The summed E-state index contributed by atoms with van der Waals surface area (Å²) in [6.45, 7) is 5.96. The highest BCUT2D eigenvalue weighted by molar-refractivity contribution is 9.10. The molecule has 0 amide bonds. The molecule has 2 aromatic carbocycles. The van der Waals surface area contributed by atoms with Gasteiger partial charge in [0.15, 0.2) is 0 Å². The van der Waals surface area contributed by atoms with Crippen molar-refractivity contribution < 1.29 is 0 Å². The van der Waals surface area contributed by atoms with Crippen LogP contribution in [0.4, 0.5) is 5.69 Å². The molecule has 1 nitrogen and oxygen atoms in total. The summed E-state index contributed by atoms with van der Waals surface area (Å²) in [5.74, 6) is 0. The second-order valence-electron chi connectivity index (χ2n) is 4.62. The summed E-state index contributed by atoms with van der Waals surface area (Å²) in [6.07, 6.45) is 4.13. The molecule has 2 rings (SSSR count). The lowest BCUT2D eigenvalue weighted by Gasteiger charge is -2.14. The van der Waals surface area contributed by atoms with Gasteiger partial charge in [-0.25, -0.2) is 0 Å². The van der Waals surface area contributed by atoms with Crippen molar-refractivity contribution in [3.63, 3.8) is 0 Å². The van der Waals surface area contributed by atoms with Gasteiger partial charge in [-0.1, -0.05) is 34.1 Å². The van der Waals surface area contributed by atoms with Gasteiger partial charge in [0.25, 0.3) is 0 Å².